The Morgan fingerprint density at radius 3 is 2.82 bits per heavy atom. The highest BCUT2D eigenvalue weighted by atomic mass is 16.5. The zero-order valence-electron chi connectivity index (χ0n) is 10.1. The smallest absolute Gasteiger partial charge is 0.306 e. The van der Waals surface area contributed by atoms with Crippen LogP contribution < -0.4 is 0 Å². The second kappa shape index (κ2) is 6.67. The number of aromatic nitrogens is 2. The van der Waals surface area contributed by atoms with Crippen molar-refractivity contribution in [3.63, 3.8) is 0 Å². The molecule has 1 heterocycles. The number of nitrogens with one attached hydrogen (secondary N) is 1. The van der Waals surface area contributed by atoms with Crippen molar-refractivity contribution in [1.29, 1.82) is 0 Å². The lowest BCUT2D eigenvalue weighted by atomic mass is 10.3. The van der Waals surface area contributed by atoms with E-state index in [4.69, 9.17) is 4.74 Å². The molecule has 0 bridgehead atoms. The number of rotatable bonds is 6. The number of imidazole rings is 1. The Morgan fingerprint density at radius 2 is 2.24 bits per heavy atom. The van der Waals surface area contributed by atoms with Gasteiger partial charge in [0.05, 0.1) is 19.6 Å². The van der Waals surface area contributed by atoms with Gasteiger partial charge in [-0.1, -0.05) is 0 Å². The maximum Gasteiger partial charge on any atom is 0.306 e. The second-order valence-electron chi connectivity index (χ2n) is 3.59. The Hall–Kier alpha value is -1.85. The molecule has 0 aliphatic carbocycles. The predicted octanol–water partition coefficient (Wildman–Crippen LogP) is 0.711. The van der Waals surface area contributed by atoms with Gasteiger partial charge in [0.2, 0.25) is 5.91 Å². The lowest BCUT2D eigenvalue weighted by Crippen LogP contribution is -2.27. The molecule has 1 amide bonds. The second-order valence-corrected chi connectivity index (χ2v) is 3.59. The van der Waals surface area contributed by atoms with Gasteiger partial charge >= 0.3 is 5.97 Å². The fourth-order valence-electron chi connectivity index (χ4n) is 1.33. The third-order valence-corrected chi connectivity index (χ3v) is 2.22. The van der Waals surface area contributed by atoms with Crippen LogP contribution in [-0.4, -0.2) is 40.4 Å². The van der Waals surface area contributed by atoms with Gasteiger partial charge in [0.1, 0.15) is 5.82 Å². The summed E-state index contributed by atoms with van der Waals surface area (Å²) in [5.74, 6) is 0.277. The van der Waals surface area contributed by atoms with Crippen LogP contribution in [-0.2, 0) is 20.9 Å². The van der Waals surface area contributed by atoms with E-state index in [0.717, 1.165) is 5.82 Å². The molecule has 1 aromatic rings. The average Bonchev–Trinajstić information content (AvgIpc) is 2.79. The van der Waals surface area contributed by atoms with Crippen molar-refractivity contribution in [1.82, 2.24) is 14.9 Å². The van der Waals surface area contributed by atoms with E-state index in [0.29, 0.717) is 13.2 Å². The number of nitrogens with zero attached hydrogens (tertiary/aromatic N) is 2. The SMILES string of the molecule is CCOC(=O)CCC(=O)N(C)Cc1ncc[nH]1. The summed E-state index contributed by atoms with van der Waals surface area (Å²) in [6.07, 6.45) is 3.61. The topological polar surface area (TPSA) is 75.3 Å². The molecule has 0 atom stereocenters. The first-order chi connectivity index (χ1) is 8.13. The lowest BCUT2D eigenvalue weighted by Gasteiger charge is -2.15. The lowest BCUT2D eigenvalue weighted by molar-refractivity contribution is -0.145. The Kier molecular flexibility index (Phi) is 5.19. The maximum atomic E-state index is 11.7. The number of hydrogen-bond acceptors (Lipinski definition) is 4. The van der Waals surface area contributed by atoms with E-state index < -0.39 is 0 Å². The first kappa shape index (κ1) is 13.2. The number of aromatic amines is 1. The summed E-state index contributed by atoms with van der Waals surface area (Å²) in [7, 11) is 1.68. The van der Waals surface area contributed by atoms with Crippen molar-refractivity contribution in [3.8, 4) is 0 Å². The molecule has 0 spiro atoms. The molecule has 0 saturated heterocycles. The number of carbonyl (C=O) groups is 2. The number of esters is 1. The number of carbonyl (C=O) groups excluding carboxylic acids is 2. The van der Waals surface area contributed by atoms with Crippen LogP contribution in [0.15, 0.2) is 12.4 Å². The Morgan fingerprint density at radius 1 is 1.47 bits per heavy atom. The molecular weight excluding hydrogens is 222 g/mol. The Bertz CT molecular complexity index is 362. The first-order valence-electron chi connectivity index (χ1n) is 5.51. The van der Waals surface area contributed by atoms with Gasteiger partial charge in [0.15, 0.2) is 0 Å². The first-order valence-corrected chi connectivity index (χ1v) is 5.51. The summed E-state index contributed by atoms with van der Waals surface area (Å²) in [5, 5.41) is 0. The highest BCUT2D eigenvalue weighted by Crippen LogP contribution is 2.01. The maximum absolute atomic E-state index is 11.7. The summed E-state index contributed by atoms with van der Waals surface area (Å²) >= 11 is 0. The van der Waals surface area contributed by atoms with Crippen molar-refractivity contribution in [2.45, 2.75) is 26.3 Å². The molecular formula is C11H17N3O3. The van der Waals surface area contributed by atoms with Crippen LogP contribution in [0.4, 0.5) is 0 Å². The van der Waals surface area contributed by atoms with Gasteiger partial charge in [-0.25, -0.2) is 4.98 Å². The van der Waals surface area contributed by atoms with E-state index in [9.17, 15) is 9.59 Å². The average molecular weight is 239 g/mol. The van der Waals surface area contributed by atoms with Gasteiger partial charge in [-0.3, -0.25) is 9.59 Å². The number of H-pyrrole nitrogens is 1. The Labute approximate surface area is 100.0 Å². The highest BCUT2D eigenvalue weighted by Gasteiger charge is 2.12. The predicted molar refractivity (Wildman–Crippen MR) is 60.9 cm³/mol. The van der Waals surface area contributed by atoms with Gasteiger partial charge in [-0.2, -0.15) is 0 Å². The Balaban J connectivity index is 2.29. The van der Waals surface area contributed by atoms with E-state index in [-0.39, 0.29) is 24.7 Å². The molecule has 6 heteroatoms. The number of ether oxygens (including phenoxy) is 1. The van der Waals surface area contributed by atoms with Crippen LogP contribution in [0.5, 0.6) is 0 Å². The molecule has 1 aromatic heterocycles. The van der Waals surface area contributed by atoms with Gasteiger partial charge in [0.25, 0.3) is 0 Å². The molecule has 0 aliphatic heterocycles. The van der Waals surface area contributed by atoms with E-state index in [2.05, 4.69) is 9.97 Å². The highest BCUT2D eigenvalue weighted by molar-refractivity contribution is 5.81. The third-order valence-electron chi connectivity index (χ3n) is 2.22. The van der Waals surface area contributed by atoms with Crippen LogP contribution in [0.2, 0.25) is 0 Å². The molecule has 1 rings (SSSR count). The van der Waals surface area contributed by atoms with Crippen LogP contribution in [0.3, 0.4) is 0 Å². The summed E-state index contributed by atoms with van der Waals surface area (Å²) < 4.78 is 4.75. The zero-order valence-corrected chi connectivity index (χ0v) is 10.1. The molecule has 0 aromatic carbocycles. The standard InChI is InChI=1S/C11H17N3O3/c1-3-17-11(16)5-4-10(15)14(2)8-9-12-6-7-13-9/h6-7H,3-5,8H2,1-2H3,(H,12,13). The van der Waals surface area contributed by atoms with Crippen molar-refractivity contribution < 1.29 is 14.3 Å². The minimum Gasteiger partial charge on any atom is -0.466 e. The van der Waals surface area contributed by atoms with E-state index in [1.165, 1.54) is 4.90 Å². The molecule has 0 saturated carbocycles. The summed E-state index contributed by atoms with van der Waals surface area (Å²) in [4.78, 5) is 31.2. The quantitative estimate of drug-likeness (QED) is 0.742. The monoisotopic (exact) mass is 239 g/mol. The van der Waals surface area contributed by atoms with Crippen molar-refractivity contribution in [2.75, 3.05) is 13.7 Å². The minimum atomic E-state index is -0.341. The molecule has 0 fully saturated rings. The van der Waals surface area contributed by atoms with Gasteiger partial charge in [-0.15, -0.1) is 0 Å². The largest absolute Gasteiger partial charge is 0.466 e. The summed E-state index contributed by atoms with van der Waals surface area (Å²) in [6, 6.07) is 0. The van der Waals surface area contributed by atoms with E-state index >= 15 is 0 Å². The van der Waals surface area contributed by atoms with Crippen molar-refractivity contribution >= 4 is 11.9 Å². The molecule has 0 radical (unpaired) electrons. The number of amides is 1. The van der Waals surface area contributed by atoms with Gasteiger partial charge < -0.3 is 14.6 Å². The van der Waals surface area contributed by atoms with Gasteiger partial charge in [0, 0.05) is 25.9 Å². The third kappa shape index (κ3) is 4.67. The molecule has 1 N–H and O–H groups in total. The normalized spacial score (nSPS) is 10.0. The summed E-state index contributed by atoms with van der Waals surface area (Å²) in [5.41, 5.74) is 0. The zero-order chi connectivity index (χ0) is 12.7. The molecule has 0 unspecified atom stereocenters. The fraction of sp³-hybridized carbons (Fsp3) is 0.545. The van der Waals surface area contributed by atoms with E-state index in [1.807, 2.05) is 0 Å². The molecule has 6 nitrogen and oxygen atoms in total. The van der Waals surface area contributed by atoms with Crippen LogP contribution >= 0.6 is 0 Å². The van der Waals surface area contributed by atoms with Crippen LogP contribution in [0.1, 0.15) is 25.6 Å². The molecule has 94 valence electrons. The minimum absolute atomic E-state index is 0.102. The fourth-order valence-corrected chi connectivity index (χ4v) is 1.33. The molecule has 0 aliphatic rings. The van der Waals surface area contributed by atoms with Crippen LogP contribution in [0.25, 0.3) is 0 Å². The summed E-state index contributed by atoms with van der Waals surface area (Å²) in [6.45, 7) is 2.49. The molecule has 17 heavy (non-hydrogen) atoms. The van der Waals surface area contributed by atoms with Gasteiger partial charge in [-0.05, 0) is 6.92 Å². The van der Waals surface area contributed by atoms with Crippen molar-refractivity contribution in [3.05, 3.63) is 18.2 Å². The van der Waals surface area contributed by atoms with Crippen LogP contribution in [0, 0.1) is 0 Å². The van der Waals surface area contributed by atoms with Crippen molar-refractivity contribution in [2.24, 2.45) is 0 Å². The van der Waals surface area contributed by atoms with E-state index in [1.54, 1.807) is 26.4 Å². The number of hydrogen-bond donors (Lipinski definition) is 1.